The molecule has 1 aromatic carbocycles. The number of hydrogen-bond acceptors (Lipinski definition) is 3. The van der Waals surface area contributed by atoms with Gasteiger partial charge in [-0.3, -0.25) is 9.69 Å². The maximum Gasteiger partial charge on any atom is 0.309 e. The number of benzene rings is 1. The number of carbonyl (C=O) groups excluding carboxylic acids is 1. The highest BCUT2D eigenvalue weighted by Crippen LogP contribution is 2.29. The SMILES string of the molecule is CCN(CC)CC(OC(=O)C1CCCC1)c1ccc(C)c(C)c1.Cl. The maximum absolute atomic E-state index is 12.5. The molecule has 1 aliphatic carbocycles. The molecule has 1 unspecified atom stereocenters. The molecule has 1 fully saturated rings. The van der Waals surface area contributed by atoms with E-state index in [0.717, 1.165) is 50.9 Å². The van der Waals surface area contributed by atoms with Crippen molar-refractivity contribution in [1.29, 1.82) is 0 Å². The summed E-state index contributed by atoms with van der Waals surface area (Å²) in [5.74, 6) is 0.110. The van der Waals surface area contributed by atoms with Crippen LogP contribution in [-0.2, 0) is 9.53 Å². The van der Waals surface area contributed by atoms with Crippen molar-refractivity contribution in [3.05, 3.63) is 34.9 Å². The zero-order valence-electron chi connectivity index (χ0n) is 15.5. The van der Waals surface area contributed by atoms with E-state index in [1.807, 2.05) is 0 Å². The third kappa shape index (κ3) is 5.49. The normalized spacial score (nSPS) is 16.0. The van der Waals surface area contributed by atoms with Gasteiger partial charge in [0, 0.05) is 6.54 Å². The lowest BCUT2D eigenvalue weighted by Crippen LogP contribution is -2.31. The zero-order valence-corrected chi connectivity index (χ0v) is 16.3. The van der Waals surface area contributed by atoms with Crippen LogP contribution < -0.4 is 0 Å². The summed E-state index contributed by atoms with van der Waals surface area (Å²) in [5, 5.41) is 0. The summed E-state index contributed by atoms with van der Waals surface area (Å²) < 4.78 is 5.97. The van der Waals surface area contributed by atoms with Gasteiger partial charge < -0.3 is 4.74 Å². The molecule has 0 saturated heterocycles. The average Bonchev–Trinajstić information content (AvgIpc) is 3.08. The van der Waals surface area contributed by atoms with Crippen LogP contribution in [0.4, 0.5) is 0 Å². The Morgan fingerprint density at radius 2 is 1.79 bits per heavy atom. The Bertz CT molecular complexity index is 522. The molecular weight excluding hydrogens is 322 g/mol. The second-order valence-corrected chi connectivity index (χ2v) is 6.74. The minimum Gasteiger partial charge on any atom is -0.456 e. The molecule has 0 spiro atoms. The largest absolute Gasteiger partial charge is 0.456 e. The molecule has 0 N–H and O–H groups in total. The van der Waals surface area contributed by atoms with E-state index in [9.17, 15) is 4.79 Å². The molecule has 1 aromatic rings. The zero-order chi connectivity index (χ0) is 16.8. The van der Waals surface area contributed by atoms with Crippen molar-refractivity contribution in [1.82, 2.24) is 4.90 Å². The van der Waals surface area contributed by atoms with Gasteiger partial charge in [-0.1, -0.05) is 44.9 Å². The summed E-state index contributed by atoms with van der Waals surface area (Å²) in [6.45, 7) is 11.3. The van der Waals surface area contributed by atoms with Crippen molar-refractivity contribution in [3.63, 3.8) is 0 Å². The Labute approximate surface area is 153 Å². The fourth-order valence-corrected chi connectivity index (χ4v) is 3.29. The van der Waals surface area contributed by atoms with Gasteiger partial charge in [0.05, 0.1) is 5.92 Å². The maximum atomic E-state index is 12.5. The van der Waals surface area contributed by atoms with Crippen LogP contribution in [0, 0.1) is 19.8 Å². The van der Waals surface area contributed by atoms with Gasteiger partial charge in [0.15, 0.2) is 0 Å². The lowest BCUT2D eigenvalue weighted by atomic mass is 10.0. The highest BCUT2D eigenvalue weighted by Gasteiger charge is 2.28. The van der Waals surface area contributed by atoms with Crippen LogP contribution in [0.3, 0.4) is 0 Å². The summed E-state index contributed by atoms with van der Waals surface area (Å²) >= 11 is 0. The van der Waals surface area contributed by atoms with E-state index in [-0.39, 0.29) is 30.4 Å². The van der Waals surface area contributed by atoms with Crippen LogP contribution in [0.2, 0.25) is 0 Å². The Hall–Kier alpha value is -1.06. The number of rotatable bonds is 7. The third-order valence-corrected chi connectivity index (χ3v) is 5.17. The quantitative estimate of drug-likeness (QED) is 0.657. The van der Waals surface area contributed by atoms with Crippen LogP contribution in [-0.4, -0.2) is 30.5 Å². The van der Waals surface area contributed by atoms with Crippen LogP contribution in [0.1, 0.15) is 62.3 Å². The van der Waals surface area contributed by atoms with Gasteiger partial charge in [0.2, 0.25) is 0 Å². The Balaban J connectivity index is 0.00000288. The number of nitrogens with zero attached hydrogens (tertiary/aromatic N) is 1. The van der Waals surface area contributed by atoms with Crippen molar-refractivity contribution in [3.8, 4) is 0 Å². The van der Waals surface area contributed by atoms with Crippen LogP contribution in [0.25, 0.3) is 0 Å². The topological polar surface area (TPSA) is 29.5 Å². The number of carbonyl (C=O) groups is 1. The van der Waals surface area contributed by atoms with E-state index in [1.165, 1.54) is 11.1 Å². The van der Waals surface area contributed by atoms with E-state index in [4.69, 9.17) is 4.74 Å². The molecule has 4 heteroatoms. The highest BCUT2D eigenvalue weighted by atomic mass is 35.5. The second-order valence-electron chi connectivity index (χ2n) is 6.74. The fourth-order valence-electron chi connectivity index (χ4n) is 3.29. The van der Waals surface area contributed by atoms with Gasteiger partial charge in [0.1, 0.15) is 6.10 Å². The first-order chi connectivity index (χ1) is 11.0. The lowest BCUT2D eigenvalue weighted by molar-refractivity contribution is -0.155. The summed E-state index contributed by atoms with van der Waals surface area (Å²) in [6.07, 6.45) is 4.13. The van der Waals surface area contributed by atoms with Crippen molar-refractivity contribution in [2.24, 2.45) is 5.92 Å². The average molecular weight is 354 g/mol. The van der Waals surface area contributed by atoms with Crippen molar-refractivity contribution in [2.45, 2.75) is 59.5 Å². The highest BCUT2D eigenvalue weighted by molar-refractivity contribution is 5.85. The molecule has 3 nitrogen and oxygen atoms in total. The van der Waals surface area contributed by atoms with Crippen molar-refractivity contribution in [2.75, 3.05) is 19.6 Å². The molecule has 1 atom stereocenters. The number of esters is 1. The van der Waals surface area contributed by atoms with Gasteiger partial charge in [0.25, 0.3) is 0 Å². The fraction of sp³-hybridized carbons (Fsp3) is 0.650. The second kappa shape index (κ2) is 10.0. The first-order valence-corrected chi connectivity index (χ1v) is 9.05. The van der Waals surface area contributed by atoms with E-state index < -0.39 is 0 Å². The molecule has 0 aliphatic heterocycles. The molecule has 24 heavy (non-hydrogen) atoms. The Morgan fingerprint density at radius 3 is 2.33 bits per heavy atom. The van der Waals surface area contributed by atoms with Gasteiger partial charge in [-0.25, -0.2) is 0 Å². The van der Waals surface area contributed by atoms with E-state index in [0.29, 0.717) is 0 Å². The monoisotopic (exact) mass is 353 g/mol. The molecule has 0 radical (unpaired) electrons. The number of aryl methyl sites for hydroxylation is 2. The minimum absolute atomic E-state index is 0. The molecule has 0 heterocycles. The summed E-state index contributed by atoms with van der Waals surface area (Å²) in [7, 11) is 0. The van der Waals surface area contributed by atoms with Gasteiger partial charge >= 0.3 is 5.97 Å². The van der Waals surface area contributed by atoms with Crippen molar-refractivity contribution >= 4 is 18.4 Å². The number of halogens is 1. The lowest BCUT2D eigenvalue weighted by Gasteiger charge is -2.27. The van der Waals surface area contributed by atoms with Gasteiger partial charge in [-0.05, 0) is 56.5 Å². The standard InChI is InChI=1S/C20H31NO2.ClH/c1-5-21(6-2)14-19(18-12-11-15(3)16(4)13-18)23-20(22)17-9-7-8-10-17;/h11-13,17,19H,5-10,14H2,1-4H3;1H. The predicted octanol–water partition coefficient (Wildman–Crippen LogP) is 4.84. The molecule has 1 saturated carbocycles. The van der Waals surface area contributed by atoms with Crippen LogP contribution in [0.5, 0.6) is 0 Å². The van der Waals surface area contributed by atoms with E-state index >= 15 is 0 Å². The molecular formula is C20H32ClNO2. The molecule has 2 rings (SSSR count). The van der Waals surface area contributed by atoms with Gasteiger partial charge in [-0.2, -0.15) is 0 Å². The Kier molecular flexibility index (Phi) is 8.79. The van der Waals surface area contributed by atoms with Crippen LogP contribution >= 0.6 is 12.4 Å². The third-order valence-electron chi connectivity index (χ3n) is 5.17. The Morgan fingerprint density at radius 1 is 1.17 bits per heavy atom. The van der Waals surface area contributed by atoms with Crippen LogP contribution in [0.15, 0.2) is 18.2 Å². The van der Waals surface area contributed by atoms with Crippen molar-refractivity contribution < 1.29 is 9.53 Å². The first-order valence-electron chi connectivity index (χ1n) is 9.05. The molecule has 0 amide bonds. The van der Waals surface area contributed by atoms with E-state index in [1.54, 1.807) is 0 Å². The molecule has 0 aromatic heterocycles. The minimum atomic E-state index is -0.165. The molecule has 1 aliphatic rings. The predicted molar refractivity (Wildman–Crippen MR) is 102 cm³/mol. The summed E-state index contributed by atoms with van der Waals surface area (Å²) in [5.41, 5.74) is 3.65. The van der Waals surface area contributed by atoms with Gasteiger partial charge in [-0.15, -0.1) is 12.4 Å². The van der Waals surface area contributed by atoms with E-state index in [2.05, 4.69) is 50.8 Å². The number of ether oxygens (including phenoxy) is 1. The number of hydrogen-bond donors (Lipinski definition) is 0. The first kappa shape index (κ1) is 21.0. The number of likely N-dealkylation sites (N-methyl/N-ethyl adjacent to an activating group) is 1. The molecule has 136 valence electrons. The summed E-state index contributed by atoms with van der Waals surface area (Å²) in [6, 6.07) is 6.41. The smallest absolute Gasteiger partial charge is 0.309 e. The summed E-state index contributed by atoms with van der Waals surface area (Å²) in [4.78, 5) is 14.8. The molecule has 0 bridgehead atoms.